The monoisotopic (exact) mass is 225 g/mol. The standard InChI is InChI=1S/C14H27NO/c1-14(2)8-7-12(15)13(9-14)16-10-11-5-3-4-6-11/h11-13H,3-10,15H2,1-2H3. The third-order valence-corrected chi connectivity index (χ3v) is 4.41. The van der Waals surface area contributed by atoms with Crippen molar-refractivity contribution in [2.24, 2.45) is 17.1 Å². The summed E-state index contributed by atoms with van der Waals surface area (Å²) < 4.78 is 6.09. The van der Waals surface area contributed by atoms with Gasteiger partial charge in [-0.25, -0.2) is 0 Å². The maximum absolute atomic E-state index is 6.16. The van der Waals surface area contributed by atoms with E-state index in [1.54, 1.807) is 0 Å². The number of ether oxygens (including phenoxy) is 1. The van der Waals surface area contributed by atoms with Crippen LogP contribution in [0.1, 0.15) is 58.8 Å². The van der Waals surface area contributed by atoms with Gasteiger partial charge in [-0.2, -0.15) is 0 Å². The van der Waals surface area contributed by atoms with Crippen LogP contribution in [0.3, 0.4) is 0 Å². The molecular formula is C14H27NO. The van der Waals surface area contributed by atoms with Gasteiger partial charge in [0.1, 0.15) is 0 Å². The molecule has 2 saturated carbocycles. The second-order valence-corrected chi connectivity index (χ2v) is 6.59. The predicted molar refractivity (Wildman–Crippen MR) is 67.3 cm³/mol. The lowest BCUT2D eigenvalue weighted by atomic mass is 9.74. The third-order valence-electron chi connectivity index (χ3n) is 4.41. The van der Waals surface area contributed by atoms with Crippen molar-refractivity contribution in [2.75, 3.05) is 6.61 Å². The molecule has 2 rings (SSSR count). The Balaban J connectivity index is 1.78. The lowest BCUT2D eigenvalue weighted by Gasteiger charge is -2.39. The molecule has 0 amide bonds. The molecule has 0 aromatic rings. The molecule has 0 spiro atoms. The molecule has 0 aromatic heterocycles. The Morgan fingerprint density at radius 2 is 1.88 bits per heavy atom. The van der Waals surface area contributed by atoms with Gasteiger partial charge in [0.15, 0.2) is 0 Å². The SMILES string of the molecule is CC1(C)CCC(N)C(OCC2CCCC2)C1. The quantitative estimate of drug-likeness (QED) is 0.801. The summed E-state index contributed by atoms with van der Waals surface area (Å²) in [4.78, 5) is 0. The second-order valence-electron chi connectivity index (χ2n) is 6.59. The third kappa shape index (κ3) is 3.21. The van der Waals surface area contributed by atoms with E-state index in [-0.39, 0.29) is 6.04 Å². The molecule has 0 saturated heterocycles. The van der Waals surface area contributed by atoms with Gasteiger partial charge in [0.25, 0.3) is 0 Å². The molecule has 2 heteroatoms. The highest BCUT2D eigenvalue weighted by Crippen LogP contribution is 2.36. The summed E-state index contributed by atoms with van der Waals surface area (Å²) in [5, 5.41) is 0. The molecule has 0 heterocycles. The van der Waals surface area contributed by atoms with Crippen LogP contribution in [0.25, 0.3) is 0 Å². The summed E-state index contributed by atoms with van der Waals surface area (Å²) >= 11 is 0. The highest BCUT2D eigenvalue weighted by atomic mass is 16.5. The first-order valence-electron chi connectivity index (χ1n) is 6.94. The van der Waals surface area contributed by atoms with E-state index in [1.165, 1.54) is 32.1 Å². The lowest BCUT2D eigenvalue weighted by molar-refractivity contribution is -0.0324. The smallest absolute Gasteiger partial charge is 0.0731 e. The van der Waals surface area contributed by atoms with Gasteiger partial charge in [-0.1, -0.05) is 26.7 Å². The van der Waals surface area contributed by atoms with Crippen LogP contribution >= 0.6 is 0 Å². The van der Waals surface area contributed by atoms with E-state index in [2.05, 4.69) is 13.8 Å². The Labute approximate surface area is 99.9 Å². The van der Waals surface area contributed by atoms with Crippen molar-refractivity contribution < 1.29 is 4.74 Å². The molecule has 2 N–H and O–H groups in total. The van der Waals surface area contributed by atoms with Crippen LogP contribution in [0.5, 0.6) is 0 Å². The minimum atomic E-state index is 0.273. The van der Waals surface area contributed by atoms with E-state index in [0.29, 0.717) is 11.5 Å². The summed E-state index contributed by atoms with van der Waals surface area (Å²) in [5.41, 5.74) is 6.59. The van der Waals surface area contributed by atoms with Gasteiger partial charge in [0.05, 0.1) is 6.10 Å². The van der Waals surface area contributed by atoms with Gasteiger partial charge in [-0.15, -0.1) is 0 Å². The fraction of sp³-hybridized carbons (Fsp3) is 1.00. The average Bonchev–Trinajstić information content (AvgIpc) is 2.72. The van der Waals surface area contributed by atoms with Crippen molar-refractivity contribution in [2.45, 2.75) is 70.9 Å². The Hall–Kier alpha value is -0.0800. The summed E-state index contributed by atoms with van der Waals surface area (Å²) in [6, 6.07) is 0.273. The van der Waals surface area contributed by atoms with E-state index in [1.807, 2.05) is 0 Å². The Morgan fingerprint density at radius 3 is 2.56 bits per heavy atom. The van der Waals surface area contributed by atoms with E-state index < -0.39 is 0 Å². The molecule has 0 aliphatic heterocycles. The van der Waals surface area contributed by atoms with Crippen LogP contribution in [0.2, 0.25) is 0 Å². The molecule has 2 aliphatic rings. The van der Waals surface area contributed by atoms with E-state index >= 15 is 0 Å². The van der Waals surface area contributed by atoms with Crippen LogP contribution in [-0.2, 0) is 4.74 Å². The lowest BCUT2D eigenvalue weighted by Crippen LogP contribution is -2.45. The zero-order valence-electron chi connectivity index (χ0n) is 10.9. The highest BCUT2D eigenvalue weighted by Gasteiger charge is 2.34. The fourth-order valence-corrected chi connectivity index (χ4v) is 3.16. The molecule has 2 unspecified atom stereocenters. The van der Waals surface area contributed by atoms with Crippen molar-refractivity contribution in [3.8, 4) is 0 Å². The molecule has 2 aliphatic carbocycles. The maximum Gasteiger partial charge on any atom is 0.0731 e. The Morgan fingerprint density at radius 1 is 1.19 bits per heavy atom. The molecule has 2 atom stereocenters. The summed E-state index contributed by atoms with van der Waals surface area (Å²) in [7, 11) is 0. The summed E-state index contributed by atoms with van der Waals surface area (Å²) in [6.45, 7) is 5.63. The van der Waals surface area contributed by atoms with Crippen LogP contribution in [0, 0.1) is 11.3 Å². The van der Waals surface area contributed by atoms with Gasteiger partial charge in [0, 0.05) is 12.6 Å². The minimum absolute atomic E-state index is 0.273. The van der Waals surface area contributed by atoms with Crippen LogP contribution in [0.15, 0.2) is 0 Å². The average molecular weight is 225 g/mol. The Kier molecular flexibility index (Phi) is 3.91. The molecule has 94 valence electrons. The van der Waals surface area contributed by atoms with Crippen molar-refractivity contribution in [1.82, 2.24) is 0 Å². The van der Waals surface area contributed by atoms with Crippen LogP contribution in [0.4, 0.5) is 0 Å². The fourth-order valence-electron chi connectivity index (χ4n) is 3.16. The first-order valence-corrected chi connectivity index (χ1v) is 6.94. The van der Waals surface area contributed by atoms with Crippen molar-refractivity contribution >= 4 is 0 Å². The van der Waals surface area contributed by atoms with E-state index in [0.717, 1.165) is 25.4 Å². The van der Waals surface area contributed by atoms with Crippen LogP contribution < -0.4 is 5.73 Å². The van der Waals surface area contributed by atoms with Crippen molar-refractivity contribution in [1.29, 1.82) is 0 Å². The molecule has 2 fully saturated rings. The van der Waals surface area contributed by atoms with E-state index in [9.17, 15) is 0 Å². The zero-order valence-corrected chi connectivity index (χ0v) is 10.9. The van der Waals surface area contributed by atoms with Crippen molar-refractivity contribution in [3.63, 3.8) is 0 Å². The van der Waals surface area contributed by atoms with Gasteiger partial charge < -0.3 is 10.5 Å². The number of hydrogen-bond donors (Lipinski definition) is 1. The summed E-state index contributed by atoms with van der Waals surface area (Å²) in [5.74, 6) is 0.817. The number of nitrogens with two attached hydrogens (primary N) is 1. The zero-order chi connectivity index (χ0) is 11.6. The first-order chi connectivity index (χ1) is 7.57. The van der Waals surface area contributed by atoms with Crippen molar-refractivity contribution in [3.05, 3.63) is 0 Å². The normalized spacial score (nSPS) is 35.4. The number of rotatable bonds is 3. The topological polar surface area (TPSA) is 35.2 Å². The van der Waals surface area contributed by atoms with Gasteiger partial charge in [-0.3, -0.25) is 0 Å². The molecule has 0 aromatic carbocycles. The minimum Gasteiger partial charge on any atom is -0.376 e. The Bertz CT molecular complexity index is 221. The van der Waals surface area contributed by atoms with Gasteiger partial charge >= 0.3 is 0 Å². The highest BCUT2D eigenvalue weighted by molar-refractivity contribution is 4.88. The largest absolute Gasteiger partial charge is 0.376 e. The molecule has 0 bridgehead atoms. The summed E-state index contributed by atoms with van der Waals surface area (Å²) in [6.07, 6.45) is 9.36. The first kappa shape index (κ1) is 12.4. The van der Waals surface area contributed by atoms with E-state index in [4.69, 9.17) is 10.5 Å². The van der Waals surface area contributed by atoms with Gasteiger partial charge in [0.2, 0.25) is 0 Å². The van der Waals surface area contributed by atoms with Crippen LogP contribution in [-0.4, -0.2) is 18.8 Å². The molecule has 0 radical (unpaired) electrons. The molecule has 2 nitrogen and oxygen atoms in total. The molecular weight excluding hydrogens is 198 g/mol. The predicted octanol–water partition coefficient (Wildman–Crippen LogP) is 3.10. The second kappa shape index (κ2) is 5.05. The molecule has 16 heavy (non-hydrogen) atoms. The maximum atomic E-state index is 6.16. The number of hydrogen-bond acceptors (Lipinski definition) is 2. The van der Waals surface area contributed by atoms with Gasteiger partial charge in [-0.05, 0) is 43.4 Å².